The molecule has 1 aliphatic rings. The van der Waals surface area contributed by atoms with Gasteiger partial charge in [-0.05, 0) is 24.5 Å². The normalized spacial score (nSPS) is 19.7. The molecule has 2 aromatic rings. The van der Waals surface area contributed by atoms with Gasteiger partial charge in [-0.3, -0.25) is 4.99 Å². The topological polar surface area (TPSA) is 63.9 Å². The van der Waals surface area contributed by atoms with Crippen molar-refractivity contribution in [1.82, 2.24) is 19.8 Å². The first-order chi connectivity index (χ1) is 13.2. The van der Waals surface area contributed by atoms with E-state index in [1.807, 2.05) is 44.0 Å². The Labute approximate surface area is 184 Å². The summed E-state index contributed by atoms with van der Waals surface area (Å²) < 4.78 is 13.0. The summed E-state index contributed by atoms with van der Waals surface area (Å²) in [6.45, 7) is 4.85. The summed E-state index contributed by atoms with van der Waals surface area (Å²) in [7, 11) is 5.16. The molecule has 8 heteroatoms. The zero-order chi connectivity index (χ0) is 19.2. The number of hydrogen-bond acceptors (Lipinski definition) is 4. The maximum Gasteiger partial charge on any atom is 0.193 e. The molecule has 28 heavy (non-hydrogen) atoms. The highest BCUT2D eigenvalue weighted by Crippen LogP contribution is 2.28. The SMILES string of the molecule is CN=C(NCc1ccc(OC)cc1OC)N1CCC(C)C(n2ccnc2)C1.I. The first kappa shape index (κ1) is 22.3. The number of imidazole rings is 1. The van der Waals surface area contributed by atoms with Gasteiger partial charge in [-0.15, -0.1) is 24.0 Å². The van der Waals surface area contributed by atoms with Gasteiger partial charge in [0.25, 0.3) is 0 Å². The minimum Gasteiger partial charge on any atom is -0.497 e. The van der Waals surface area contributed by atoms with Crippen molar-refractivity contribution in [2.75, 3.05) is 34.4 Å². The fraction of sp³-hybridized carbons (Fsp3) is 0.500. The second-order valence-corrected chi connectivity index (χ2v) is 6.87. The molecule has 0 aliphatic carbocycles. The molecule has 3 rings (SSSR count). The van der Waals surface area contributed by atoms with Crippen LogP contribution in [0, 0.1) is 5.92 Å². The molecule has 1 aliphatic heterocycles. The molecule has 1 aromatic carbocycles. The van der Waals surface area contributed by atoms with Gasteiger partial charge < -0.3 is 24.3 Å². The second-order valence-electron chi connectivity index (χ2n) is 6.87. The van der Waals surface area contributed by atoms with Gasteiger partial charge in [-0.1, -0.05) is 6.92 Å². The van der Waals surface area contributed by atoms with Crippen molar-refractivity contribution < 1.29 is 9.47 Å². The van der Waals surface area contributed by atoms with Crippen molar-refractivity contribution >= 4 is 29.9 Å². The van der Waals surface area contributed by atoms with Gasteiger partial charge in [0.1, 0.15) is 11.5 Å². The number of ether oxygens (including phenoxy) is 2. The molecule has 1 N–H and O–H groups in total. The van der Waals surface area contributed by atoms with Gasteiger partial charge in [0, 0.05) is 50.7 Å². The molecule has 2 unspecified atom stereocenters. The van der Waals surface area contributed by atoms with E-state index in [9.17, 15) is 0 Å². The predicted molar refractivity (Wildman–Crippen MR) is 122 cm³/mol. The summed E-state index contributed by atoms with van der Waals surface area (Å²) in [5.41, 5.74) is 1.07. The number of likely N-dealkylation sites (tertiary alicyclic amines) is 1. The molecule has 0 spiro atoms. The Bertz CT molecular complexity index is 766. The minimum absolute atomic E-state index is 0. The quantitative estimate of drug-likeness (QED) is 0.389. The Morgan fingerprint density at radius 3 is 2.79 bits per heavy atom. The third-order valence-corrected chi connectivity index (χ3v) is 5.27. The molecule has 7 nitrogen and oxygen atoms in total. The van der Waals surface area contributed by atoms with Crippen LogP contribution < -0.4 is 14.8 Å². The molecule has 0 bridgehead atoms. The number of hydrogen-bond donors (Lipinski definition) is 1. The van der Waals surface area contributed by atoms with E-state index in [4.69, 9.17) is 9.47 Å². The maximum absolute atomic E-state index is 5.50. The number of piperidine rings is 1. The summed E-state index contributed by atoms with van der Waals surface area (Å²) in [5, 5.41) is 3.48. The van der Waals surface area contributed by atoms with Crippen LogP contribution in [0.2, 0.25) is 0 Å². The number of methoxy groups -OCH3 is 2. The van der Waals surface area contributed by atoms with E-state index in [0.717, 1.165) is 42.5 Å². The van der Waals surface area contributed by atoms with Crippen LogP contribution >= 0.6 is 24.0 Å². The van der Waals surface area contributed by atoms with Crippen molar-refractivity contribution in [2.45, 2.75) is 25.9 Å². The largest absolute Gasteiger partial charge is 0.497 e. The number of nitrogens with one attached hydrogen (secondary N) is 1. The van der Waals surface area contributed by atoms with Crippen LogP contribution in [0.15, 0.2) is 41.9 Å². The zero-order valence-corrected chi connectivity index (χ0v) is 19.3. The Balaban J connectivity index is 0.00000280. The highest BCUT2D eigenvalue weighted by molar-refractivity contribution is 14.0. The zero-order valence-electron chi connectivity index (χ0n) is 17.0. The third-order valence-electron chi connectivity index (χ3n) is 5.27. The molecule has 154 valence electrons. The number of aliphatic imine (C=N–C) groups is 1. The molecule has 0 saturated carbocycles. The van der Waals surface area contributed by atoms with E-state index >= 15 is 0 Å². The average molecular weight is 499 g/mol. The molecule has 0 radical (unpaired) electrons. The molecule has 0 amide bonds. The number of aromatic nitrogens is 2. The van der Waals surface area contributed by atoms with Crippen LogP contribution in [0.1, 0.15) is 24.9 Å². The van der Waals surface area contributed by atoms with Crippen LogP contribution in [-0.4, -0.2) is 54.8 Å². The van der Waals surface area contributed by atoms with Crippen molar-refractivity contribution in [3.8, 4) is 11.5 Å². The van der Waals surface area contributed by atoms with E-state index < -0.39 is 0 Å². The van der Waals surface area contributed by atoms with Crippen molar-refractivity contribution in [3.63, 3.8) is 0 Å². The molecule has 2 atom stereocenters. The highest BCUT2D eigenvalue weighted by Gasteiger charge is 2.28. The molecular weight excluding hydrogens is 469 g/mol. The fourth-order valence-electron chi connectivity index (χ4n) is 3.60. The number of benzene rings is 1. The van der Waals surface area contributed by atoms with Gasteiger partial charge in [0.15, 0.2) is 5.96 Å². The fourth-order valence-corrected chi connectivity index (χ4v) is 3.60. The molecule has 1 fully saturated rings. The lowest BCUT2D eigenvalue weighted by atomic mass is 9.93. The summed E-state index contributed by atoms with van der Waals surface area (Å²) in [4.78, 5) is 11.0. The lowest BCUT2D eigenvalue weighted by Gasteiger charge is -2.39. The van der Waals surface area contributed by atoms with Gasteiger partial charge >= 0.3 is 0 Å². The third kappa shape index (κ3) is 5.09. The predicted octanol–water partition coefficient (Wildman–Crippen LogP) is 3.18. The van der Waals surface area contributed by atoms with Gasteiger partial charge in [0.2, 0.25) is 0 Å². The van der Waals surface area contributed by atoms with Gasteiger partial charge in [0.05, 0.1) is 26.6 Å². The van der Waals surface area contributed by atoms with Crippen LogP contribution in [-0.2, 0) is 6.54 Å². The first-order valence-electron chi connectivity index (χ1n) is 9.30. The summed E-state index contributed by atoms with van der Waals surface area (Å²) in [6.07, 6.45) is 6.91. The Morgan fingerprint density at radius 2 is 2.14 bits per heavy atom. The smallest absolute Gasteiger partial charge is 0.193 e. The Kier molecular flexibility index (Phi) is 8.40. The van der Waals surface area contributed by atoms with Crippen LogP contribution in [0.4, 0.5) is 0 Å². The van der Waals surface area contributed by atoms with E-state index in [1.165, 1.54) is 0 Å². The number of guanidine groups is 1. The summed E-state index contributed by atoms with van der Waals surface area (Å²) in [6, 6.07) is 6.26. The van der Waals surface area contributed by atoms with Crippen molar-refractivity contribution in [2.24, 2.45) is 10.9 Å². The Hall–Kier alpha value is -1.97. The minimum atomic E-state index is 0. The molecule has 1 aromatic heterocycles. The number of halogens is 1. The first-order valence-corrected chi connectivity index (χ1v) is 9.30. The van der Waals surface area contributed by atoms with Gasteiger partial charge in [-0.25, -0.2) is 4.98 Å². The second kappa shape index (κ2) is 10.5. The number of nitrogens with zero attached hydrogens (tertiary/aromatic N) is 4. The van der Waals surface area contributed by atoms with E-state index in [1.54, 1.807) is 14.2 Å². The molecular formula is C20H30IN5O2. The molecule has 2 heterocycles. The van der Waals surface area contributed by atoms with Crippen LogP contribution in [0.3, 0.4) is 0 Å². The number of rotatable bonds is 5. The van der Waals surface area contributed by atoms with E-state index in [0.29, 0.717) is 18.5 Å². The maximum atomic E-state index is 5.50. The standard InChI is InChI=1S/C20H29N5O2.HI/c1-15-7-9-24(13-18(15)25-10-8-22-14-25)20(21-2)23-12-16-5-6-17(26-3)11-19(16)27-4;/h5-6,8,10-11,14-15,18H,7,9,12-13H2,1-4H3,(H,21,23);1H. The van der Waals surface area contributed by atoms with E-state index in [-0.39, 0.29) is 24.0 Å². The van der Waals surface area contributed by atoms with E-state index in [2.05, 4.69) is 31.7 Å². The molecule has 1 saturated heterocycles. The Morgan fingerprint density at radius 1 is 1.32 bits per heavy atom. The summed E-state index contributed by atoms with van der Waals surface area (Å²) in [5.74, 6) is 3.11. The van der Waals surface area contributed by atoms with Gasteiger partial charge in [-0.2, -0.15) is 0 Å². The van der Waals surface area contributed by atoms with Crippen LogP contribution in [0.5, 0.6) is 11.5 Å². The summed E-state index contributed by atoms with van der Waals surface area (Å²) >= 11 is 0. The van der Waals surface area contributed by atoms with Crippen molar-refractivity contribution in [1.29, 1.82) is 0 Å². The highest BCUT2D eigenvalue weighted by atomic mass is 127. The van der Waals surface area contributed by atoms with Crippen LogP contribution in [0.25, 0.3) is 0 Å². The lowest BCUT2D eigenvalue weighted by Crippen LogP contribution is -2.48. The lowest BCUT2D eigenvalue weighted by molar-refractivity contribution is 0.189. The monoisotopic (exact) mass is 499 g/mol. The van der Waals surface area contributed by atoms with Crippen molar-refractivity contribution in [3.05, 3.63) is 42.5 Å². The average Bonchev–Trinajstić information content (AvgIpc) is 3.24.